The first-order valence-corrected chi connectivity index (χ1v) is 13.2. The van der Waals surface area contributed by atoms with Crippen molar-refractivity contribution in [2.24, 2.45) is 5.41 Å². The number of aromatic nitrogens is 5. The Labute approximate surface area is 227 Å². The van der Waals surface area contributed by atoms with Gasteiger partial charge >= 0.3 is 0 Å². The Morgan fingerprint density at radius 3 is 2.87 bits per heavy atom. The van der Waals surface area contributed by atoms with E-state index in [2.05, 4.69) is 46.9 Å². The van der Waals surface area contributed by atoms with Gasteiger partial charge in [0, 0.05) is 37.2 Å². The Bertz CT molecular complexity index is 1520. The van der Waals surface area contributed by atoms with Crippen LogP contribution in [0.5, 0.6) is 0 Å². The predicted molar refractivity (Wildman–Crippen MR) is 148 cm³/mol. The van der Waals surface area contributed by atoms with Crippen molar-refractivity contribution in [3.05, 3.63) is 41.3 Å². The molecule has 5 rings (SSSR count). The normalized spacial score (nSPS) is 19.1. The number of anilines is 2. The number of amides is 2. The number of hydrogen-bond acceptors (Lipinski definition) is 8. The predicted octanol–water partition coefficient (Wildman–Crippen LogP) is 3.82. The van der Waals surface area contributed by atoms with Crippen LogP contribution < -0.4 is 16.0 Å². The van der Waals surface area contributed by atoms with Crippen molar-refractivity contribution in [1.29, 1.82) is 0 Å². The molecule has 4 aromatic rings. The van der Waals surface area contributed by atoms with Crippen LogP contribution in [0.4, 0.5) is 11.6 Å². The third-order valence-electron chi connectivity index (χ3n) is 6.96. The van der Waals surface area contributed by atoms with Crippen LogP contribution in [0.3, 0.4) is 0 Å². The Hall–Kier alpha value is -3.64. The lowest BCUT2D eigenvalue weighted by Crippen LogP contribution is -2.35. The van der Waals surface area contributed by atoms with Crippen molar-refractivity contribution < 1.29 is 14.3 Å². The van der Waals surface area contributed by atoms with Gasteiger partial charge in [0.1, 0.15) is 4.60 Å². The molecule has 1 aromatic carbocycles. The van der Waals surface area contributed by atoms with Gasteiger partial charge in [0.05, 0.1) is 41.5 Å². The lowest BCUT2D eigenvalue weighted by molar-refractivity contribution is -0.129. The molecule has 0 spiro atoms. The van der Waals surface area contributed by atoms with Gasteiger partial charge in [0.25, 0.3) is 0 Å². The zero-order chi connectivity index (χ0) is 26.9. The van der Waals surface area contributed by atoms with Crippen LogP contribution >= 0.6 is 15.9 Å². The lowest BCUT2D eigenvalue weighted by atomic mass is 9.87. The first-order chi connectivity index (χ1) is 18.3. The number of halogens is 1. The zero-order valence-electron chi connectivity index (χ0n) is 21.4. The number of nitrogens with zero attached hydrogens (tertiary/aromatic N) is 5. The molecule has 0 saturated heterocycles. The van der Waals surface area contributed by atoms with Crippen molar-refractivity contribution >= 4 is 61.3 Å². The Balaban J connectivity index is 1.42. The minimum Gasteiger partial charge on any atom is -0.384 e. The number of methoxy groups -OCH3 is 1. The van der Waals surface area contributed by atoms with E-state index in [0.717, 1.165) is 34.8 Å². The van der Waals surface area contributed by atoms with Gasteiger partial charge in [0.15, 0.2) is 5.65 Å². The summed E-state index contributed by atoms with van der Waals surface area (Å²) in [6, 6.07) is 7.75. The van der Waals surface area contributed by atoms with E-state index < -0.39 is 5.41 Å². The van der Waals surface area contributed by atoms with Crippen molar-refractivity contribution in [3.63, 3.8) is 0 Å². The van der Waals surface area contributed by atoms with Crippen molar-refractivity contribution in [2.75, 3.05) is 31.4 Å². The third kappa shape index (κ3) is 5.18. The topological polar surface area (TPSA) is 136 Å². The van der Waals surface area contributed by atoms with Gasteiger partial charge < -0.3 is 20.7 Å². The molecule has 12 heteroatoms. The van der Waals surface area contributed by atoms with E-state index in [4.69, 9.17) is 9.72 Å². The fourth-order valence-corrected chi connectivity index (χ4v) is 5.35. The molecular weight excluding hydrogens is 552 g/mol. The van der Waals surface area contributed by atoms with Crippen LogP contribution in [0.25, 0.3) is 27.6 Å². The molecule has 1 aliphatic rings. The van der Waals surface area contributed by atoms with Crippen molar-refractivity contribution in [3.8, 4) is 5.69 Å². The Morgan fingerprint density at radius 1 is 1.24 bits per heavy atom. The second kappa shape index (κ2) is 10.6. The first kappa shape index (κ1) is 26.0. The largest absolute Gasteiger partial charge is 0.384 e. The molecular formula is C26H29BrN8O3. The zero-order valence-corrected chi connectivity index (χ0v) is 23.0. The number of hydrogen-bond donors (Lipinski definition) is 3. The highest BCUT2D eigenvalue weighted by Gasteiger charge is 2.41. The highest BCUT2D eigenvalue weighted by molar-refractivity contribution is 9.10. The molecule has 2 amide bonds. The summed E-state index contributed by atoms with van der Waals surface area (Å²) in [5, 5.41) is 15.3. The van der Waals surface area contributed by atoms with E-state index in [-0.39, 0.29) is 24.3 Å². The molecule has 3 aromatic heterocycles. The average Bonchev–Trinajstić information content (AvgIpc) is 3.46. The van der Waals surface area contributed by atoms with Gasteiger partial charge in [-0.3, -0.25) is 14.6 Å². The Morgan fingerprint density at radius 2 is 2.08 bits per heavy atom. The highest BCUT2D eigenvalue weighted by Crippen LogP contribution is 2.39. The number of ether oxygens (including phenoxy) is 1. The highest BCUT2D eigenvalue weighted by atomic mass is 79.9. The molecule has 1 fully saturated rings. The first-order valence-electron chi connectivity index (χ1n) is 12.4. The molecule has 2 atom stereocenters. The smallest absolute Gasteiger partial charge is 0.226 e. The van der Waals surface area contributed by atoms with Gasteiger partial charge in [0.2, 0.25) is 17.8 Å². The van der Waals surface area contributed by atoms with Crippen LogP contribution in [0.15, 0.2) is 41.3 Å². The maximum Gasteiger partial charge on any atom is 0.226 e. The summed E-state index contributed by atoms with van der Waals surface area (Å²) in [7, 11) is 3.23. The molecule has 11 nitrogen and oxygen atoms in total. The molecule has 3 heterocycles. The second-order valence-corrected chi connectivity index (χ2v) is 10.5. The average molecular weight is 581 g/mol. The molecule has 0 aliphatic heterocycles. The van der Waals surface area contributed by atoms with Gasteiger partial charge in [-0.1, -0.05) is 6.92 Å². The Kier molecular flexibility index (Phi) is 7.26. The third-order valence-corrected chi connectivity index (χ3v) is 7.54. The summed E-state index contributed by atoms with van der Waals surface area (Å²) in [6.07, 6.45) is 6.01. The summed E-state index contributed by atoms with van der Waals surface area (Å²) >= 11 is 3.53. The van der Waals surface area contributed by atoms with E-state index in [1.807, 2.05) is 31.2 Å². The quantitative estimate of drug-likeness (QED) is 0.286. The SMILES string of the molecule is CNC(=O)[C@]1(C)CC[C@@H](Nc2ncc3c(Br)nn(-c4ccc5ncc(NC(=O)CCOC)cc5c4)c3n2)C1. The molecule has 1 saturated carbocycles. The minimum atomic E-state index is -0.400. The van der Waals surface area contributed by atoms with Crippen LogP contribution in [0, 0.1) is 5.41 Å². The number of fused-ring (bicyclic) bond motifs is 2. The van der Waals surface area contributed by atoms with Crippen molar-refractivity contribution in [2.45, 2.75) is 38.6 Å². The van der Waals surface area contributed by atoms with E-state index in [9.17, 15) is 9.59 Å². The van der Waals surface area contributed by atoms with Gasteiger partial charge in [-0.15, -0.1) is 0 Å². The summed E-state index contributed by atoms with van der Waals surface area (Å²) in [5.41, 5.74) is 2.42. The molecule has 38 heavy (non-hydrogen) atoms. The van der Waals surface area contributed by atoms with Gasteiger partial charge in [-0.2, -0.15) is 10.1 Å². The number of rotatable bonds is 8. The maximum absolute atomic E-state index is 12.3. The molecule has 0 radical (unpaired) electrons. The van der Waals surface area contributed by atoms with Crippen LogP contribution in [-0.4, -0.2) is 63.4 Å². The minimum absolute atomic E-state index is 0.0590. The van der Waals surface area contributed by atoms with Gasteiger partial charge in [-0.25, -0.2) is 9.67 Å². The summed E-state index contributed by atoms with van der Waals surface area (Å²) in [6.45, 7) is 2.35. The molecule has 198 valence electrons. The maximum atomic E-state index is 12.3. The lowest BCUT2D eigenvalue weighted by Gasteiger charge is -2.22. The number of nitrogens with one attached hydrogen (secondary N) is 3. The number of carbonyl (C=O) groups excluding carboxylic acids is 2. The van der Waals surface area contributed by atoms with Crippen LogP contribution in [0.2, 0.25) is 0 Å². The fraction of sp³-hybridized carbons (Fsp3) is 0.385. The van der Waals surface area contributed by atoms with E-state index in [1.165, 1.54) is 0 Å². The second-order valence-electron chi connectivity index (χ2n) is 9.75. The van der Waals surface area contributed by atoms with E-state index in [0.29, 0.717) is 34.9 Å². The van der Waals surface area contributed by atoms with Gasteiger partial charge in [-0.05, 0) is 59.5 Å². The van der Waals surface area contributed by atoms with E-state index in [1.54, 1.807) is 31.2 Å². The number of benzene rings is 1. The number of carbonyl (C=O) groups is 2. The molecule has 3 N–H and O–H groups in total. The van der Waals surface area contributed by atoms with Crippen LogP contribution in [0.1, 0.15) is 32.6 Å². The monoisotopic (exact) mass is 580 g/mol. The molecule has 0 unspecified atom stereocenters. The summed E-state index contributed by atoms with van der Waals surface area (Å²) < 4.78 is 7.35. The summed E-state index contributed by atoms with van der Waals surface area (Å²) in [4.78, 5) is 38.2. The summed E-state index contributed by atoms with van der Waals surface area (Å²) in [5.74, 6) is 0.408. The van der Waals surface area contributed by atoms with Crippen molar-refractivity contribution in [1.82, 2.24) is 30.0 Å². The fourth-order valence-electron chi connectivity index (χ4n) is 4.91. The molecule has 1 aliphatic carbocycles. The standard InChI is InChI=1S/C26H29BrN8O3/c1-26(24(37)28-2)8-6-16(12-26)32-25-30-14-19-22(27)34-35(23(19)33-25)18-4-5-20-15(11-18)10-17(13-29-20)31-21(36)7-9-38-3/h4-5,10-11,13-14,16H,6-9,12H2,1-3H3,(H,28,37)(H,31,36)(H,30,32,33)/t16-,26-/m1/s1. The van der Waals surface area contributed by atoms with E-state index >= 15 is 0 Å². The van der Waals surface area contributed by atoms with Crippen LogP contribution in [-0.2, 0) is 14.3 Å². The number of pyridine rings is 1. The molecule has 0 bridgehead atoms.